The maximum absolute atomic E-state index is 9.04. The van der Waals surface area contributed by atoms with Crippen molar-refractivity contribution in [3.05, 3.63) is 47.7 Å². The molecule has 1 aliphatic rings. The van der Waals surface area contributed by atoms with E-state index in [1.54, 1.807) is 7.11 Å². The summed E-state index contributed by atoms with van der Waals surface area (Å²) >= 11 is 0. The summed E-state index contributed by atoms with van der Waals surface area (Å²) in [6.45, 7) is 3.59. The highest BCUT2D eigenvalue weighted by Gasteiger charge is 2.23. The number of benzene rings is 1. The maximum atomic E-state index is 9.04. The zero-order chi connectivity index (χ0) is 16.9. The molecule has 1 atom stereocenters. The summed E-state index contributed by atoms with van der Waals surface area (Å²) in [5.41, 5.74) is 1.39. The highest BCUT2D eigenvalue weighted by molar-refractivity contribution is 5.46. The van der Waals surface area contributed by atoms with E-state index in [1.165, 1.54) is 0 Å². The molecule has 3 rings (SSSR count). The van der Waals surface area contributed by atoms with Crippen molar-refractivity contribution in [3.8, 4) is 17.6 Å². The molecule has 2 heterocycles. The molecule has 1 saturated heterocycles. The number of para-hydroxylation sites is 2. The largest absolute Gasteiger partial charge is 0.493 e. The van der Waals surface area contributed by atoms with Gasteiger partial charge in [-0.2, -0.15) is 5.26 Å². The molecule has 0 bridgehead atoms. The summed E-state index contributed by atoms with van der Waals surface area (Å²) in [5.74, 6) is 2.43. The molecule has 2 aromatic rings. The lowest BCUT2D eigenvalue weighted by atomic mass is 10.1. The molecule has 1 aromatic heterocycles. The van der Waals surface area contributed by atoms with Crippen molar-refractivity contribution < 1.29 is 9.47 Å². The minimum Gasteiger partial charge on any atom is -0.493 e. The second kappa shape index (κ2) is 7.22. The second-order valence-electron chi connectivity index (χ2n) is 5.89. The van der Waals surface area contributed by atoms with E-state index in [4.69, 9.17) is 14.7 Å². The lowest BCUT2D eigenvalue weighted by molar-refractivity contribution is 0.172. The van der Waals surface area contributed by atoms with Gasteiger partial charge in [-0.05, 0) is 44.0 Å². The third-order valence-electron chi connectivity index (χ3n) is 4.26. The molecular weight excluding hydrogens is 302 g/mol. The van der Waals surface area contributed by atoms with Crippen LogP contribution < -0.4 is 14.4 Å². The van der Waals surface area contributed by atoms with E-state index in [1.807, 2.05) is 43.3 Å². The number of pyridine rings is 1. The summed E-state index contributed by atoms with van der Waals surface area (Å²) in [7, 11) is 1.65. The Morgan fingerprint density at radius 3 is 2.71 bits per heavy atom. The van der Waals surface area contributed by atoms with Gasteiger partial charge in [-0.15, -0.1) is 0 Å². The quantitative estimate of drug-likeness (QED) is 0.864. The number of nitrogens with zero attached hydrogens (tertiary/aromatic N) is 3. The van der Waals surface area contributed by atoms with Gasteiger partial charge in [-0.3, -0.25) is 0 Å². The Labute approximate surface area is 142 Å². The van der Waals surface area contributed by atoms with Gasteiger partial charge in [0, 0.05) is 6.54 Å². The van der Waals surface area contributed by atoms with Crippen LogP contribution in [-0.4, -0.2) is 31.3 Å². The number of ether oxygens (including phenoxy) is 2. The number of rotatable bonds is 4. The van der Waals surface area contributed by atoms with E-state index in [0.717, 1.165) is 48.9 Å². The molecule has 0 N–H and O–H groups in total. The Morgan fingerprint density at radius 2 is 2.00 bits per heavy atom. The number of aromatic nitrogens is 1. The van der Waals surface area contributed by atoms with E-state index in [2.05, 4.69) is 16.0 Å². The zero-order valence-electron chi connectivity index (χ0n) is 14.0. The second-order valence-corrected chi connectivity index (χ2v) is 5.89. The fraction of sp³-hybridized carbons (Fsp3) is 0.368. The standard InChI is InChI=1S/C19H21N3O2/c1-14-15(12-20)9-10-19(21-14)22-11-5-6-16(13-22)24-18-8-4-3-7-17(18)23-2/h3-4,7-10,16H,5-6,11,13H2,1-2H3/t16-/m1/s1. The number of methoxy groups -OCH3 is 1. The van der Waals surface area contributed by atoms with E-state index in [-0.39, 0.29) is 6.10 Å². The van der Waals surface area contributed by atoms with Crippen molar-refractivity contribution in [1.82, 2.24) is 4.98 Å². The van der Waals surface area contributed by atoms with Crippen molar-refractivity contribution >= 4 is 5.82 Å². The minimum absolute atomic E-state index is 0.0906. The topological polar surface area (TPSA) is 58.4 Å². The number of piperidine rings is 1. The third-order valence-corrected chi connectivity index (χ3v) is 4.26. The highest BCUT2D eigenvalue weighted by atomic mass is 16.5. The van der Waals surface area contributed by atoms with Crippen LogP contribution in [0.4, 0.5) is 5.82 Å². The lowest BCUT2D eigenvalue weighted by Gasteiger charge is -2.34. The van der Waals surface area contributed by atoms with Crippen LogP contribution in [0.5, 0.6) is 11.5 Å². The lowest BCUT2D eigenvalue weighted by Crippen LogP contribution is -2.41. The van der Waals surface area contributed by atoms with Crippen LogP contribution >= 0.6 is 0 Å². The van der Waals surface area contributed by atoms with Crippen molar-refractivity contribution in [2.45, 2.75) is 25.9 Å². The van der Waals surface area contributed by atoms with Crippen LogP contribution in [0.1, 0.15) is 24.1 Å². The molecule has 5 nitrogen and oxygen atoms in total. The van der Waals surface area contributed by atoms with Crippen LogP contribution in [0.25, 0.3) is 0 Å². The average molecular weight is 323 g/mol. The Bertz CT molecular complexity index is 755. The van der Waals surface area contributed by atoms with Gasteiger partial charge in [0.2, 0.25) is 0 Å². The smallest absolute Gasteiger partial charge is 0.161 e. The van der Waals surface area contributed by atoms with Gasteiger partial charge in [0.1, 0.15) is 18.0 Å². The molecule has 1 aliphatic heterocycles. The monoisotopic (exact) mass is 323 g/mol. The summed E-state index contributed by atoms with van der Waals surface area (Å²) in [4.78, 5) is 6.79. The highest BCUT2D eigenvalue weighted by Crippen LogP contribution is 2.29. The molecular formula is C19H21N3O2. The van der Waals surface area contributed by atoms with Gasteiger partial charge in [-0.25, -0.2) is 4.98 Å². The molecule has 0 spiro atoms. The molecule has 124 valence electrons. The molecule has 0 amide bonds. The molecule has 24 heavy (non-hydrogen) atoms. The van der Waals surface area contributed by atoms with Gasteiger partial charge >= 0.3 is 0 Å². The SMILES string of the molecule is COc1ccccc1O[C@@H]1CCCN(c2ccc(C#N)c(C)n2)C1. The first kappa shape index (κ1) is 16.1. The summed E-state index contributed by atoms with van der Waals surface area (Å²) in [6.07, 6.45) is 2.14. The van der Waals surface area contributed by atoms with Crippen LogP contribution in [0.2, 0.25) is 0 Å². The van der Waals surface area contributed by atoms with Gasteiger partial charge in [0.25, 0.3) is 0 Å². The van der Waals surface area contributed by atoms with Crippen molar-refractivity contribution in [2.24, 2.45) is 0 Å². The number of anilines is 1. The Hall–Kier alpha value is -2.74. The van der Waals surface area contributed by atoms with Crippen LogP contribution in [0.3, 0.4) is 0 Å². The summed E-state index contributed by atoms with van der Waals surface area (Å²) in [6, 6.07) is 13.6. The zero-order valence-corrected chi connectivity index (χ0v) is 14.0. The molecule has 0 unspecified atom stereocenters. The number of hydrogen-bond donors (Lipinski definition) is 0. The number of hydrogen-bond acceptors (Lipinski definition) is 5. The van der Waals surface area contributed by atoms with Crippen molar-refractivity contribution in [1.29, 1.82) is 5.26 Å². The number of nitriles is 1. The first-order valence-corrected chi connectivity index (χ1v) is 8.13. The van der Waals surface area contributed by atoms with Gasteiger partial charge in [0.15, 0.2) is 11.5 Å². The fourth-order valence-electron chi connectivity index (χ4n) is 2.98. The van der Waals surface area contributed by atoms with Crippen LogP contribution in [0, 0.1) is 18.3 Å². The molecule has 1 aromatic carbocycles. The van der Waals surface area contributed by atoms with E-state index < -0.39 is 0 Å². The molecule has 1 fully saturated rings. The van der Waals surface area contributed by atoms with Crippen LogP contribution in [0.15, 0.2) is 36.4 Å². The summed E-state index contributed by atoms with van der Waals surface area (Å²) in [5, 5.41) is 9.04. The summed E-state index contributed by atoms with van der Waals surface area (Å²) < 4.78 is 11.5. The van der Waals surface area contributed by atoms with Gasteiger partial charge in [-0.1, -0.05) is 12.1 Å². The Kier molecular flexibility index (Phi) is 4.85. The van der Waals surface area contributed by atoms with Gasteiger partial charge < -0.3 is 14.4 Å². The first-order valence-electron chi connectivity index (χ1n) is 8.13. The normalized spacial score (nSPS) is 17.2. The van der Waals surface area contributed by atoms with E-state index >= 15 is 0 Å². The molecule has 5 heteroatoms. The molecule has 0 saturated carbocycles. The maximum Gasteiger partial charge on any atom is 0.161 e. The van der Waals surface area contributed by atoms with Crippen LogP contribution in [-0.2, 0) is 0 Å². The average Bonchev–Trinajstić information content (AvgIpc) is 2.62. The third kappa shape index (κ3) is 3.43. The molecule has 0 radical (unpaired) electrons. The van der Waals surface area contributed by atoms with Gasteiger partial charge in [0.05, 0.1) is 24.9 Å². The van der Waals surface area contributed by atoms with E-state index in [9.17, 15) is 0 Å². The van der Waals surface area contributed by atoms with Crippen molar-refractivity contribution in [2.75, 3.05) is 25.1 Å². The Morgan fingerprint density at radius 1 is 1.21 bits per heavy atom. The minimum atomic E-state index is 0.0906. The van der Waals surface area contributed by atoms with E-state index in [0.29, 0.717) is 5.56 Å². The molecule has 0 aliphatic carbocycles. The first-order chi connectivity index (χ1) is 11.7. The fourth-order valence-corrected chi connectivity index (χ4v) is 2.98. The predicted molar refractivity (Wildman–Crippen MR) is 92.5 cm³/mol. The predicted octanol–water partition coefficient (Wildman–Crippen LogP) is 3.32. The number of aryl methyl sites for hydroxylation is 1. The Balaban J connectivity index is 1.73. The van der Waals surface area contributed by atoms with Crippen molar-refractivity contribution in [3.63, 3.8) is 0 Å².